The highest BCUT2D eigenvalue weighted by molar-refractivity contribution is 8.02. The maximum Gasteiger partial charge on any atom is 0.318 e. The Kier molecular flexibility index (Phi) is 3.51. The maximum atomic E-state index is 10.5. The highest BCUT2D eigenvalue weighted by Crippen LogP contribution is 2.24. The monoisotopic (exact) mass is 204 g/mol. The Hall–Kier alpha value is -0.590. The Labute approximate surface area is 77.8 Å². The number of thiazole rings is 1. The van der Waals surface area contributed by atoms with E-state index in [1.165, 1.54) is 23.1 Å². The first-order chi connectivity index (χ1) is 5.74. The standard InChI is InChI=1S/C6H8N2O2S2/c7-3-4(5(9)10)12-6-8-1-2-11-6/h1-2,4H,3,7H2,(H,9,10). The summed E-state index contributed by atoms with van der Waals surface area (Å²) in [6.45, 7) is 0.125. The molecule has 12 heavy (non-hydrogen) atoms. The molecule has 0 aliphatic rings. The van der Waals surface area contributed by atoms with Crippen LogP contribution in [0.5, 0.6) is 0 Å². The summed E-state index contributed by atoms with van der Waals surface area (Å²) in [5, 5.41) is 9.86. The molecule has 0 aliphatic heterocycles. The average molecular weight is 204 g/mol. The fourth-order valence-corrected chi connectivity index (χ4v) is 2.25. The predicted octanol–water partition coefficient (Wildman–Crippen LogP) is 0.647. The van der Waals surface area contributed by atoms with E-state index < -0.39 is 11.2 Å². The van der Waals surface area contributed by atoms with E-state index in [0.717, 1.165) is 4.34 Å². The number of rotatable bonds is 4. The van der Waals surface area contributed by atoms with E-state index in [0.29, 0.717) is 0 Å². The lowest BCUT2D eigenvalue weighted by molar-refractivity contribution is -0.136. The van der Waals surface area contributed by atoms with Crippen LogP contribution in [0.3, 0.4) is 0 Å². The molecule has 0 saturated heterocycles. The van der Waals surface area contributed by atoms with E-state index in [4.69, 9.17) is 10.8 Å². The normalized spacial score (nSPS) is 12.8. The third-order valence-corrected chi connectivity index (χ3v) is 3.27. The van der Waals surface area contributed by atoms with Gasteiger partial charge in [0.1, 0.15) is 5.25 Å². The van der Waals surface area contributed by atoms with Crippen molar-refractivity contribution < 1.29 is 9.90 Å². The van der Waals surface area contributed by atoms with Crippen LogP contribution in [0.15, 0.2) is 15.9 Å². The quantitative estimate of drug-likeness (QED) is 0.704. The number of hydrogen-bond acceptors (Lipinski definition) is 5. The van der Waals surface area contributed by atoms with Crippen molar-refractivity contribution in [3.8, 4) is 0 Å². The summed E-state index contributed by atoms with van der Waals surface area (Å²) < 4.78 is 0.743. The number of nitrogens with zero attached hydrogens (tertiary/aromatic N) is 1. The van der Waals surface area contributed by atoms with Gasteiger partial charge in [0.05, 0.1) is 0 Å². The number of thioether (sulfide) groups is 1. The molecule has 1 aromatic heterocycles. The third-order valence-electron chi connectivity index (χ3n) is 1.14. The van der Waals surface area contributed by atoms with E-state index in [-0.39, 0.29) is 6.54 Å². The van der Waals surface area contributed by atoms with Crippen LogP contribution in [0.4, 0.5) is 0 Å². The third kappa shape index (κ3) is 2.47. The van der Waals surface area contributed by atoms with Crippen LogP contribution in [-0.4, -0.2) is 27.9 Å². The molecule has 1 rings (SSSR count). The molecule has 0 aliphatic carbocycles. The second-order valence-electron chi connectivity index (χ2n) is 1.98. The number of aromatic nitrogens is 1. The van der Waals surface area contributed by atoms with Gasteiger partial charge in [-0.15, -0.1) is 11.3 Å². The van der Waals surface area contributed by atoms with E-state index in [9.17, 15) is 4.79 Å². The highest BCUT2D eigenvalue weighted by atomic mass is 32.2. The van der Waals surface area contributed by atoms with Crippen molar-refractivity contribution >= 4 is 29.1 Å². The molecule has 1 atom stereocenters. The van der Waals surface area contributed by atoms with Crippen molar-refractivity contribution in [1.29, 1.82) is 0 Å². The van der Waals surface area contributed by atoms with Crippen molar-refractivity contribution in [2.75, 3.05) is 6.54 Å². The van der Waals surface area contributed by atoms with Crippen LogP contribution in [0.1, 0.15) is 0 Å². The average Bonchev–Trinajstić information content (AvgIpc) is 2.51. The lowest BCUT2D eigenvalue weighted by Crippen LogP contribution is -2.25. The van der Waals surface area contributed by atoms with E-state index in [1.807, 2.05) is 0 Å². The van der Waals surface area contributed by atoms with Crippen LogP contribution >= 0.6 is 23.1 Å². The van der Waals surface area contributed by atoms with Gasteiger partial charge in [-0.1, -0.05) is 11.8 Å². The van der Waals surface area contributed by atoms with Gasteiger partial charge in [-0.2, -0.15) is 0 Å². The Bertz CT molecular complexity index is 250. The van der Waals surface area contributed by atoms with Crippen LogP contribution < -0.4 is 5.73 Å². The molecule has 0 saturated carbocycles. The zero-order valence-corrected chi connectivity index (χ0v) is 7.77. The number of aliphatic carboxylic acids is 1. The second-order valence-corrected chi connectivity index (χ2v) is 4.32. The maximum absolute atomic E-state index is 10.5. The summed E-state index contributed by atoms with van der Waals surface area (Å²) >= 11 is 2.60. The van der Waals surface area contributed by atoms with Crippen LogP contribution in [0.25, 0.3) is 0 Å². The first kappa shape index (κ1) is 9.50. The SMILES string of the molecule is NCC(Sc1nccs1)C(=O)O. The summed E-state index contributed by atoms with van der Waals surface area (Å²) in [6, 6.07) is 0. The van der Waals surface area contributed by atoms with Gasteiger partial charge in [-0.05, 0) is 0 Å². The first-order valence-electron chi connectivity index (χ1n) is 3.23. The topological polar surface area (TPSA) is 76.2 Å². The lowest BCUT2D eigenvalue weighted by Gasteiger charge is -2.05. The number of carboxylic acids is 1. The van der Waals surface area contributed by atoms with Crippen molar-refractivity contribution in [2.24, 2.45) is 5.73 Å². The lowest BCUT2D eigenvalue weighted by atomic mass is 10.4. The number of hydrogen-bond donors (Lipinski definition) is 2. The zero-order chi connectivity index (χ0) is 8.97. The molecule has 3 N–H and O–H groups in total. The minimum absolute atomic E-state index is 0.125. The summed E-state index contributed by atoms with van der Waals surface area (Å²) in [6.07, 6.45) is 1.64. The molecule has 0 amide bonds. The molecule has 0 radical (unpaired) electrons. The van der Waals surface area contributed by atoms with E-state index in [1.54, 1.807) is 11.6 Å². The van der Waals surface area contributed by atoms with Crippen molar-refractivity contribution in [2.45, 2.75) is 9.59 Å². The molecule has 0 spiro atoms. The van der Waals surface area contributed by atoms with Crippen molar-refractivity contribution in [3.63, 3.8) is 0 Å². The van der Waals surface area contributed by atoms with Gasteiger partial charge in [-0.25, -0.2) is 4.98 Å². The molecule has 1 unspecified atom stereocenters. The van der Waals surface area contributed by atoms with Gasteiger partial charge in [0, 0.05) is 18.1 Å². The molecule has 66 valence electrons. The minimum atomic E-state index is -0.891. The number of carboxylic acid groups (broad SMARTS) is 1. The number of nitrogens with two attached hydrogens (primary N) is 1. The fraction of sp³-hybridized carbons (Fsp3) is 0.333. The molecule has 0 bridgehead atoms. The van der Waals surface area contributed by atoms with Crippen molar-refractivity contribution in [1.82, 2.24) is 4.98 Å². The van der Waals surface area contributed by atoms with Gasteiger partial charge >= 0.3 is 5.97 Å². The smallest absolute Gasteiger partial charge is 0.318 e. The largest absolute Gasteiger partial charge is 0.480 e. The van der Waals surface area contributed by atoms with Crippen LogP contribution in [0, 0.1) is 0 Å². The molecule has 0 fully saturated rings. The van der Waals surface area contributed by atoms with Gasteiger partial charge in [0.25, 0.3) is 0 Å². The summed E-state index contributed by atoms with van der Waals surface area (Å²) in [4.78, 5) is 14.5. The van der Waals surface area contributed by atoms with E-state index in [2.05, 4.69) is 4.98 Å². The molecule has 1 heterocycles. The summed E-state index contributed by atoms with van der Waals surface area (Å²) in [7, 11) is 0. The van der Waals surface area contributed by atoms with Gasteiger partial charge in [0.2, 0.25) is 0 Å². The van der Waals surface area contributed by atoms with Crippen molar-refractivity contribution in [3.05, 3.63) is 11.6 Å². The zero-order valence-electron chi connectivity index (χ0n) is 6.14. The Morgan fingerprint density at radius 3 is 3.08 bits per heavy atom. The molecule has 4 nitrogen and oxygen atoms in total. The summed E-state index contributed by atoms with van der Waals surface area (Å²) in [5.74, 6) is -0.891. The molecule has 6 heteroatoms. The van der Waals surface area contributed by atoms with Gasteiger partial charge in [0.15, 0.2) is 4.34 Å². The predicted molar refractivity (Wildman–Crippen MR) is 48.4 cm³/mol. The molecule has 0 aromatic carbocycles. The highest BCUT2D eigenvalue weighted by Gasteiger charge is 2.17. The first-order valence-corrected chi connectivity index (χ1v) is 4.99. The Balaban J connectivity index is 2.54. The van der Waals surface area contributed by atoms with Gasteiger partial charge in [-0.3, -0.25) is 4.79 Å². The van der Waals surface area contributed by atoms with Gasteiger partial charge < -0.3 is 10.8 Å². The second kappa shape index (κ2) is 4.44. The molecule has 1 aromatic rings. The van der Waals surface area contributed by atoms with Crippen LogP contribution in [-0.2, 0) is 4.79 Å². The van der Waals surface area contributed by atoms with Crippen LogP contribution in [0.2, 0.25) is 0 Å². The Morgan fingerprint density at radius 1 is 1.92 bits per heavy atom. The molecular formula is C6H8N2O2S2. The molecular weight excluding hydrogens is 196 g/mol. The fourth-order valence-electron chi connectivity index (χ4n) is 0.590. The van der Waals surface area contributed by atoms with E-state index >= 15 is 0 Å². The minimum Gasteiger partial charge on any atom is -0.480 e. The Morgan fingerprint density at radius 2 is 2.67 bits per heavy atom. The summed E-state index contributed by atoms with van der Waals surface area (Å²) in [5.41, 5.74) is 5.27. The number of carbonyl (C=O) groups is 1.